The maximum atomic E-state index is 11.0. The average Bonchev–Trinajstić information content (AvgIpc) is 2.45. The molecule has 6 heteroatoms. The van der Waals surface area contributed by atoms with Crippen molar-refractivity contribution in [2.24, 2.45) is 5.73 Å². The molecule has 2 saturated heterocycles. The predicted molar refractivity (Wildman–Crippen MR) is 74.1 cm³/mol. The molecular formula is C13H26N4O2. The van der Waals surface area contributed by atoms with Crippen LogP contribution in [0.2, 0.25) is 0 Å². The number of hydrogen-bond acceptors (Lipinski definition) is 4. The molecule has 6 nitrogen and oxygen atoms in total. The molecule has 2 amide bonds. The van der Waals surface area contributed by atoms with Gasteiger partial charge in [-0.2, -0.15) is 0 Å². The molecule has 0 bridgehead atoms. The van der Waals surface area contributed by atoms with Crippen molar-refractivity contribution in [3.05, 3.63) is 0 Å². The van der Waals surface area contributed by atoms with Crippen molar-refractivity contribution >= 4 is 6.03 Å². The van der Waals surface area contributed by atoms with E-state index < -0.39 is 0 Å². The van der Waals surface area contributed by atoms with E-state index in [4.69, 9.17) is 10.5 Å². The SMILES string of the molecule is NC(=O)N1CCC(NCCCN2CCOCC2)CC1. The number of nitrogens with one attached hydrogen (secondary N) is 1. The van der Waals surface area contributed by atoms with Gasteiger partial charge in [-0.15, -0.1) is 0 Å². The minimum absolute atomic E-state index is 0.286. The molecule has 2 heterocycles. The highest BCUT2D eigenvalue weighted by molar-refractivity contribution is 5.72. The zero-order valence-corrected chi connectivity index (χ0v) is 11.6. The van der Waals surface area contributed by atoms with E-state index in [0.717, 1.165) is 65.3 Å². The maximum Gasteiger partial charge on any atom is 0.314 e. The van der Waals surface area contributed by atoms with Crippen LogP contribution in [0.4, 0.5) is 4.79 Å². The number of carbonyl (C=O) groups excluding carboxylic acids is 1. The highest BCUT2D eigenvalue weighted by Gasteiger charge is 2.20. The fraction of sp³-hybridized carbons (Fsp3) is 0.923. The van der Waals surface area contributed by atoms with Crippen molar-refractivity contribution in [3.63, 3.8) is 0 Å². The summed E-state index contributed by atoms with van der Waals surface area (Å²) in [5, 5.41) is 3.58. The summed E-state index contributed by atoms with van der Waals surface area (Å²) in [6.45, 7) is 7.66. The number of ether oxygens (including phenoxy) is 1. The number of amides is 2. The number of primary amides is 1. The molecule has 110 valence electrons. The van der Waals surface area contributed by atoms with Gasteiger partial charge in [0.1, 0.15) is 0 Å². The zero-order chi connectivity index (χ0) is 13.5. The number of nitrogens with zero attached hydrogens (tertiary/aromatic N) is 2. The minimum Gasteiger partial charge on any atom is -0.379 e. The molecular weight excluding hydrogens is 244 g/mol. The van der Waals surface area contributed by atoms with Gasteiger partial charge < -0.3 is 20.7 Å². The largest absolute Gasteiger partial charge is 0.379 e. The minimum atomic E-state index is -0.286. The third kappa shape index (κ3) is 4.97. The lowest BCUT2D eigenvalue weighted by Gasteiger charge is -2.31. The van der Waals surface area contributed by atoms with Gasteiger partial charge >= 0.3 is 6.03 Å². The number of likely N-dealkylation sites (tertiary alicyclic amines) is 1. The molecule has 3 N–H and O–H groups in total. The second-order valence-electron chi connectivity index (χ2n) is 5.36. The lowest BCUT2D eigenvalue weighted by molar-refractivity contribution is 0.0373. The standard InChI is InChI=1S/C13H26N4O2/c14-13(18)17-6-2-12(3-7-17)15-4-1-5-16-8-10-19-11-9-16/h12,15H,1-11H2,(H2,14,18). The maximum absolute atomic E-state index is 11.0. The zero-order valence-electron chi connectivity index (χ0n) is 11.6. The first kappa shape index (κ1) is 14.6. The monoisotopic (exact) mass is 270 g/mol. The molecule has 2 rings (SSSR count). The van der Waals surface area contributed by atoms with Crippen LogP contribution in [0.3, 0.4) is 0 Å². The second-order valence-corrected chi connectivity index (χ2v) is 5.36. The molecule has 0 aromatic heterocycles. The molecule has 0 aliphatic carbocycles. The quantitative estimate of drug-likeness (QED) is 0.681. The number of nitrogens with two attached hydrogens (primary N) is 1. The van der Waals surface area contributed by atoms with Crippen LogP contribution >= 0.6 is 0 Å². The summed E-state index contributed by atoms with van der Waals surface area (Å²) in [4.78, 5) is 15.2. The van der Waals surface area contributed by atoms with Crippen LogP contribution < -0.4 is 11.1 Å². The van der Waals surface area contributed by atoms with Crippen molar-refractivity contribution in [2.45, 2.75) is 25.3 Å². The van der Waals surface area contributed by atoms with E-state index >= 15 is 0 Å². The molecule has 0 unspecified atom stereocenters. The third-order valence-corrected chi connectivity index (χ3v) is 3.99. The first-order valence-corrected chi connectivity index (χ1v) is 7.33. The van der Waals surface area contributed by atoms with E-state index in [-0.39, 0.29) is 6.03 Å². The molecule has 0 aromatic rings. The van der Waals surface area contributed by atoms with Crippen LogP contribution in [-0.4, -0.2) is 74.4 Å². The predicted octanol–water partition coefficient (Wildman–Crippen LogP) is -0.159. The molecule has 19 heavy (non-hydrogen) atoms. The number of carbonyl (C=O) groups is 1. The summed E-state index contributed by atoms with van der Waals surface area (Å²) in [6.07, 6.45) is 3.21. The van der Waals surface area contributed by atoms with Gasteiger partial charge in [0.2, 0.25) is 0 Å². The number of hydrogen-bond donors (Lipinski definition) is 2. The van der Waals surface area contributed by atoms with E-state index in [2.05, 4.69) is 10.2 Å². The number of rotatable bonds is 5. The van der Waals surface area contributed by atoms with Gasteiger partial charge in [0.05, 0.1) is 13.2 Å². The van der Waals surface area contributed by atoms with Crippen LogP contribution in [0.25, 0.3) is 0 Å². The van der Waals surface area contributed by atoms with Crippen LogP contribution in [0.1, 0.15) is 19.3 Å². The van der Waals surface area contributed by atoms with E-state index in [1.807, 2.05) is 0 Å². The smallest absolute Gasteiger partial charge is 0.314 e. The van der Waals surface area contributed by atoms with Crippen LogP contribution in [0, 0.1) is 0 Å². The van der Waals surface area contributed by atoms with Gasteiger partial charge in [0.25, 0.3) is 0 Å². The Labute approximate surface area is 115 Å². The number of piperidine rings is 1. The molecule has 2 fully saturated rings. The topological polar surface area (TPSA) is 70.8 Å². The third-order valence-electron chi connectivity index (χ3n) is 3.99. The van der Waals surface area contributed by atoms with Crippen LogP contribution in [0.5, 0.6) is 0 Å². The molecule has 0 radical (unpaired) electrons. The summed E-state index contributed by atoms with van der Waals surface area (Å²) >= 11 is 0. The molecule has 0 spiro atoms. The Hall–Kier alpha value is -0.850. The fourth-order valence-corrected chi connectivity index (χ4v) is 2.74. The van der Waals surface area contributed by atoms with Crippen LogP contribution in [0.15, 0.2) is 0 Å². The van der Waals surface area contributed by atoms with Crippen molar-refractivity contribution in [2.75, 3.05) is 52.5 Å². The highest BCUT2D eigenvalue weighted by atomic mass is 16.5. The Balaban J connectivity index is 1.51. The molecule has 0 aromatic carbocycles. The number of morpholine rings is 1. The van der Waals surface area contributed by atoms with Gasteiger partial charge in [-0.1, -0.05) is 0 Å². The molecule has 0 saturated carbocycles. The normalized spacial score (nSPS) is 22.6. The first-order chi connectivity index (χ1) is 9.25. The Morgan fingerprint density at radius 2 is 1.89 bits per heavy atom. The Morgan fingerprint density at radius 3 is 2.53 bits per heavy atom. The van der Waals surface area contributed by atoms with Gasteiger partial charge in [0.15, 0.2) is 0 Å². The molecule has 0 atom stereocenters. The fourth-order valence-electron chi connectivity index (χ4n) is 2.74. The van der Waals surface area contributed by atoms with E-state index in [9.17, 15) is 4.79 Å². The van der Waals surface area contributed by atoms with Crippen molar-refractivity contribution in [1.82, 2.24) is 15.1 Å². The van der Waals surface area contributed by atoms with Gasteiger partial charge in [0, 0.05) is 32.2 Å². The lowest BCUT2D eigenvalue weighted by atomic mass is 10.1. The molecule has 2 aliphatic heterocycles. The number of urea groups is 1. The Bertz CT molecular complexity index is 274. The summed E-state index contributed by atoms with van der Waals surface area (Å²) in [5.74, 6) is 0. The lowest BCUT2D eigenvalue weighted by Crippen LogP contribution is -2.47. The Kier molecular flexibility index (Phi) is 5.88. The Morgan fingerprint density at radius 1 is 1.21 bits per heavy atom. The van der Waals surface area contributed by atoms with Crippen molar-refractivity contribution in [1.29, 1.82) is 0 Å². The summed E-state index contributed by atoms with van der Waals surface area (Å²) < 4.78 is 5.33. The van der Waals surface area contributed by atoms with E-state index in [1.165, 1.54) is 6.42 Å². The van der Waals surface area contributed by atoms with E-state index in [1.54, 1.807) is 4.90 Å². The van der Waals surface area contributed by atoms with Gasteiger partial charge in [-0.25, -0.2) is 4.79 Å². The van der Waals surface area contributed by atoms with Crippen molar-refractivity contribution in [3.8, 4) is 0 Å². The summed E-state index contributed by atoms with van der Waals surface area (Å²) in [7, 11) is 0. The second kappa shape index (κ2) is 7.67. The average molecular weight is 270 g/mol. The van der Waals surface area contributed by atoms with Crippen LogP contribution in [-0.2, 0) is 4.74 Å². The van der Waals surface area contributed by atoms with Gasteiger partial charge in [-0.05, 0) is 32.4 Å². The first-order valence-electron chi connectivity index (χ1n) is 7.33. The van der Waals surface area contributed by atoms with E-state index in [0.29, 0.717) is 6.04 Å². The summed E-state index contributed by atoms with van der Waals surface area (Å²) in [5.41, 5.74) is 5.27. The highest BCUT2D eigenvalue weighted by Crippen LogP contribution is 2.09. The van der Waals surface area contributed by atoms with Crippen molar-refractivity contribution < 1.29 is 9.53 Å². The van der Waals surface area contributed by atoms with Gasteiger partial charge in [-0.3, -0.25) is 4.90 Å². The molecule has 2 aliphatic rings. The summed E-state index contributed by atoms with van der Waals surface area (Å²) in [6, 6.07) is 0.256.